The number of hydrogen-bond donors (Lipinski definition) is 0. The smallest absolute Gasteiger partial charge is 0.291 e. The molecule has 0 heterocycles. The number of carbonyl (C=O) groups is 1. The van der Waals surface area contributed by atoms with Crippen LogP contribution in [0.15, 0.2) is 24.3 Å². The van der Waals surface area contributed by atoms with Gasteiger partial charge in [0.2, 0.25) is 0 Å². The van der Waals surface area contributed by atoms with Crippen LogP contribution in [0.4, 0.5) is 0 Å². The Hall–Kier alpha value is -1.56. The van der Waals surface area contributed by atoms with E-state index in [1.165, 1.54) is 6.07 Å². The molecular formula is C10H12NO4S. The van der Waals surface area contributed by atoms with Crippen LogP contribution in [0, 0.1) is 0 Å². The first-order valence-corrected chi connectivity index (χ1v) is 6.48. The Labute approximate surface area is 94.5 Å². The zero-order chi connectivity index (χ0) is 12.2. The maximum Gasteiger partial charge on any atom is 0.291 e. The largest absolute Gasteiger partial charge is 0.493 e. The van der Waals surface area contributed by atoms with Crippen molar-refractivity contribution in [3.05, 3.63) is 29.8 Å². The molecule has 1 rings (SSSR count). The number of rotatable bonds is 4. The second-order valence-electron chi connectivity index (χ2n) is 3.06. The zero-order valence-corrected chi connectivity index (χ0v) is 9.82. The molecule has 0 fully saturated rings. The van der Waals surface area contributed by atoms with Crippen molar-refractivity contribution in [2.75, 3.05) is 12.9 Å². The Morgan fingerprint density at radius 2 is 2.00 bits per heavy atom. The van der Waals surface area contributed by atoms with Crippen LogP contribution in [0.2, 0.25) is 0 Å². The second-order valence-corrected chi connectivity index (χ2v) is 4.71. The fourth-order valence-corrected chi connectivity index (χ4v) is 1.52. The van der Waals surface area contributed by atoms with Crippen molar-refractivity contribution in [1.29, 1.82) is 0 Å². The molecule has 0 aliphatic rings. The highest BCUT2D eigenvalue weighted by Crippen LogP contribution is 2.18. The van der Waals surface area contributed by atoms with E-state index in [1.807, 2.05) is 0 Å². The minimum Gasteiger partial charge on any atom is -0.493 e. The van der Waals surface area contributed by atoms with Gasteiger partial charge in [-0.05, 0) is 19.1 Å². The van der Waals surface area contributed by atoms with Gasteiger partial charge in [-0.1, -0.05) is 12.1 Å². The Balaban J connectivity index is 2.99. The van der Waals surface area contributed by atoms with Gasteiger partial charge in [-0.2, -0.15) is 0 Å². The summed E-state index contributed by atoms with van der Waals surface area (Å²) in [6.45, 7) is 2.16. The molecule has 0 aliphatic carbocycles. The van der Waals surface area contributed by atoms with E-state index in [1.54, 1.807) is 25.1 Å². The van der Waals surface area contributed by atoms with Crippen molar-refractivity contribution in [3.63, 3.8) is 0 Å². The Morgan fingerprint density at radius 1 is 1.38 bits per heavy atom. The first-order chi connectivity index (χ1) is 7.44. The van der Waals surface area contributed by atoms with E-state index < -0.39 is 15.9 Å². The standard InChI is InChI=1S/C10H12NO4S/c1-3-15-9-7-5-4-6-8(9)10(12)11-16(2,13)14/h4-7H,3H2,1-2H3. The van der Waals surface area contributed by atoms with E-state index in [0.717, 1.165) is 6.26 Å². The molecule has 0 bridgehead atoms. The van der Waals surface area contributed by atoms with Crippen molar-refractivity contribution in [2.45, 2.75) is 6.92 Å². The summed E-state index contributed by atoms with van der Waals surface area (Å²) in [5, 5.41) is 0. The van der Waals surface area contributed by atoms with Crippen molar-refractivity contribution >= 4 is 15.9 Å². The van der Waals surface area contributed by atoms with Crippen LogP contribution in [0.25, 0.3) is 0 Å². The topological polar surface area (TPSA) is 74.5 Å². The Bertz CT molecular complexity index is 481. The predicted octanol–water partition coefficient (Wildman–Crippen LogP) is 0.789. The van der Waals surface area contributed by atoms with Gasteiger partial charge in [0, 0.05) is 0 Å². The van der Waals surface area contributed by atoms with Gasteiger partial charge in [-0.3, -0.25) is 4.79 Å². The predicted molar refractivity (Wildman–Crippen MR) is 58.9 cm³/mol. The van der Waals surface area contributed by atoms with E-state index >= 15 is 0 Å². The van der Waals surface area contributed by atoms with Gasteiger partial charge in [-0.15, -0.1) is 4.72 Å². The Kier molecular flexibility index (Phi) is 3.89. The number of nitrogens with zero attached hydrogens (tertiary/aromatic N) is 1. The molecule has 0 spiro atoms. The average molecular weight is 242 g/mol. The molecule has 1 radical (unpaired) electrons. The number of para-hydroxylation sites is 1. The van der Waals surface area contributed by atoms with Gasteiger partial charge in [0.25, 0.3) is 15.9 Å². The van der Waals surface area contributed by atoms with Gasteiger partial charge in [0.1, 0.15) is 5.75 Å². The van der Waals surface area contributed by atoms with E-state index in [9.17, 15) is 13.2 Å². The number of amides is 1. The summed E-state index contributed by atoms with van der Waals surface area (Å²) in [7, 11) is -3.68. The monoisotopic (exact) mass is 242 g/mol. The fourth-order valence-electron chi connectivity index (χ4n) is 1.12. The molecule has 0 unspecified atom stereocenters. The third-order valence-electron chi connectivity index (χ3n) is 1.67. The number of hydrogen-bond acceptors (Lipinski definition) is 4. The van der Waals surface area contributed by atoms with Gasteiger partial charge in [0.15, 0.2) is 0 Å². The molecule has 0 saturated heterocycles. The van der Waals surface area contributed by atoms with Crippen LogP contribution in [0.3, 0.4) is 0 Å². The van der Waals surface area contributed by atoms with Gasteiger partial charge >= 0.3 is 0 Å². The molecular weight excluding hydrogens is 230 g/mol. The number of sulfonamides is 1. The van der Waals surface area contributed by atoms with Gasteiger partial charge in [-0.25, -0.2) is 8.42 Å². The molecule has 1 aromatic rings. The molecule has 1 aromatic carbocycles. The van der Waals surface area contributed by atoms with Crippen LogP contribution in [0.1, 0.15) is 17.3 Å². The molecule has 0 saturated carbocycles. The summed E-state index contributed by atoms with van der Waals surface area (Å²) >= 11 is 0. The lowest BCUT2D eigenvalue weighted by molar-refractivity contribution is 0.0975. The quantitative estimate of drug-likeness (QED) is 0.782. The summed E-state index contributed by atoms with van der Waals surface area (Å²) in [5.41, 5.74) is 0.148. The number of carbonyl (C=O) groups excluding carboxylic acids is 1. The summed E-state index contributed by atoms with van der Waals surface area (Å²) in [6.07, 6.45) is 0.869. The lowest BCUT2D eigenvalue weighted by Crippen LogP contribution is -2.22. The van der Waals surface area contributed by atoms with E-state index in [4.69, 9.17) is 4.74 Å². The van der Waals surface area contributed by atoms with Crippen LogP contribution in [0.5, 0.6) is 5.75 Å². The summed E-state index contributed by atoms with van der Waals surface area (Å²) in [5.74, 6) is -0.478. The molecule has 1 amide bonds. The molecule has 6 heteroatoms. The van der Waals surface area contributed by atoms with E-state index in [0.29, 0.717) is 12.4 Å². The normalized spacial score (nSPS) is 10.9. The highest BCUT2D eigenvalue weighted by atomic mass is 32.2. The molecule has 0 N–H and O–H groups in total. The average Bonchev–Trinajstić information content (AvgIpc) is 2.16. The van der Waals surface area contributed by atoms with Crippen LogP contribution in [-0.4, -0.2) is 27.2 Å². The van der Waals surface area contributed by atoms with Gasteiger partial charge < -0.3 is 4.74 Å². The highest BCUT2D eigenvalue weighted by molar-refractivity contribution is 7.89. The van der Waals surface area contributed by atoms with Crippen molar-refractivity contribution in [2.24, 2.45) is 0 Å². The number of benzene rings is 1. The van der Waals surface area contributed by atoms with E-state index in [-0.39, 0.29) is 5.56 Å². The van der Waals surface area contributed by atoms with Crippen molar-refractivity contribution in [1.82, 2.24) is 4.72 Å². The third kappa shape index (κ3) is 3.54. The maximum absolute atomic E-state index is 11.5. The van der Waals surface area contributed by atoms with Gasteiger partial charge in [0.05, 0.1) is 18.4 Å². The molecule has 0 aliphatic heterocycles. The number of ether oxygens (including phenoxy) is 1. The van der Waals surface area contributed by atoms with Crippen LogP contribution >= 0.6 is 0 Å². The molecule has 0 aromatic heterocycles. The highest BCUT2D eigenvalue weighted by Gasteiger charge is 2.17. The SMILES string of the molecule is CCOc1ccccc1C(=O)[N]S(C)(=O)=O. The summed E-state index contributed by atoms with van der Waals surface area (Å²) in [6, 6.07) is 6.38. The lowest BCUT2D eigenvalue weighted by atomic mass is 10.2. The van der Waals surface area contributed by atoms with Crippen LogP contribution in [-0.2, 0) is 10.0 Å². The summed E-state index contributed by atoms with van der Waals surface area (Å²) in [4.78, 5) is 11.5. The zero-order valence-electron chi connectivity index (χ0n) is 9.00. The maximum atomic E-state index is 11.5. The molecule has 16 heavy (non-hydrogen) atoms. The Morgan fingerprint density at radius 3 is 2.56 bits per heavy atom. The lowest BCUT2D eigenvalue weighted by Gasteiger charge is -2.07. The first-order valence-electron chi connectivity index (χ1n) is 4.63. The summed E-state index contributed by atoms with van der Waals surface area (Å²) < 4.78 is 30.0. The van der Waals surface area contributed by atoms with E-state index in [2.05, 4.69) is 4.72 Å². The second kappa shape index (κ2) is 4.98. The van der Waals surface area contributed by atoms with Crippen molar-refractivity contribution < 1.29 is 17.9 Å². The molecule has 5 nitrogen and oxygen atoms in total. The third-order valence-corrected chi connectivity index (χ3v) is 2.16. The first kappa shape index (κ1) is 12.5. The molecule has 87 valence electrons. The van der Waals surface area contributed by atoms with Crippen LogP contribution < -0.4 is 9.46 Å². The van der Waals surface area contributed by atoms with Crippen molar-refractivity contribution in [3.8, 4) is 5.75 Å². The minimum atomic E-state index is -3.68. The molecule has 0 atom stereocenters. The fraction of sp³-hybridized carbons (Fsp3) is 0.300. The minimum absolute atomic E-state index is 0.148.